The summed E-state index contributed by atoms with van der Waals surface area (Å²) in [4.78, 5) is 39.8. The number of carbonyl (C=O) groups is 3. The Balaban J connectivity index is 5.32. The molecule has 14 heteroatoms. The first-order valence-electron chi connectivity index (χ1n) is 29.5. The van der Waals surface area contributed by atoms with E-state index in [4.69, 9.17) is 20.9 Å². The molecule has 0 rings (SSSR count). The summed E-state index contributed by atoms with van der Waals surface area (Å²) in [7, 11) is 0. The molecule has 0 aliphatic heterocycles. The minimum absolute atomic E-state index is 0.124. The fourth-order valence-electron chi connectivity index (χ4n) is 8.36. The lowest BCUT2D eigenvalue weighted by molar-refractivity contribution is -0.123. The van der Waals surface area contributed by atoms with Crippen LogP contribution in [0.15, 0.2) is 12.2 Å². The molecule has 3 amide bonds. The highest BCUT2D eigenvalue weighted by molar-refractivity contribution is 5.76. The number of hydrogen-bond acceptors (Lipinski definition) is 11. The van der Waals surface area contributed by atoms with Gasteiger partial charge in [0.25, 0.3) is 0 Å². The lowest BCUT2D eigenvalue weighted by Gasteiger charge is -2.26. The maximum atomic E-state index is 13.5. The second kappa shape index (κ2) is 57.4. The zero-order chi connectivity index (χ0) is 50.9. The van der Waals surface area contributed by atoms with Gasteiger partial charge in [0, 0.05) is 19.5 Å². The summed E-state index contributed by atoms with van der Waals surface area (Å²) in [6.07, 6.45) is 41.2. The first kappa shape index (κ1) is 67.5. The van der Waals surface area contributed by atoms with E-state index in [1.165, 1.54) is 122 Å². The van der Waals surface area contributed by atoms with Gasteiger partial charge in [-0.25, -0.2) is 9.59 Å². The smallest absolute Gasteiger partial charge is 0.407 e. The normalized spacial score (nSPS) is 12.3. The third kappa shape index (κ3) is 51.9. The highest BCUT2D eigenvalue weighted by Gasteiger charge is 2.27. The lowest BCUT2D eigenvalue weighted by atomic mass is 10.0. The van der Waals surface area contributed by atoms with Crippen molar-refractivity contribution in [3.63, 3.8) is 0 Å². The Labute approximate surface area is 430 Å². The number of alkyl carbamates (subject to hydrolysis) is 2. The third-order valence-electron chi connectivity index (χ3n) is 12.8. The molecule has 0 radical (unpaired) electrons. The van der Waals surface area contributed by atoms with Gasteiger partial charge in [0.2, 0.25) is 5.91 Å². The Morgan fingerprint density at radius 2 is 0.800 bits per heavy atom. The first-order chi connectivity index (χ1) is 34.5. The predicted molar refractivity (Wildman–Crippen MR) is 297 cm³/mol. The van der Waals surface area contributed by atoms with Crippen LogP contribution in [0.2, 0.25) is 0 Å². The molecule has 0 saturated carbocycles. The molecule has 0 aromatic carbocycles. The largest absolute Gasteiger partial charge is 0.447 e. The van der Waals surface area contributed by atoms with Crippen LogP contribution in [-0.4, -0.2) is 115 Å². The molecule has 0 aromatic heterocycles. The molecule has 70 heavy (non-hydrogen) atoms. The van der Waals surface area contributed by atoms with Crippen molar-refractivity contribution in [2.24, 2.45) is 11.5 Å². The van der Waals surface area contributed by atoms with Crippen molar-refractivity contribution in [3.05, 3.63) is 12.2 Å². The van der Waals surface area contributed by atoms with Gasteiger partial charge < -0.3 is 58.2 Å². The summed E-state index contributed by atoms with van der Waals surface area (Å²) >= 11 is 0. The standard InChI is InChI=1S/C56H115N9O5/c1-3-5-7-9-11-13-15-17-19-21-23-25-27-37-53(70-56(68)64-50-36-48-62-44-32-30-42-60-46-34-40-58)52(51-69-55(67)63-49-35-47-61-43-31-29-41-59-45-33-39-57)65-54(66)38-28-26-24-22-20-18-16-14-12-10-8-6-4-2/h27,37,52-53,59-62H,3-26,28-36,38-51,57-58H2,1-2H3,(H,63,67)(H,64,68)(H,65,66)/t52-,53+/m0/s1. The minimum atomic E-state index is -0.812. The van der Waals surface area contributed by atoms with Gasteiger partial charge in [-0.05, 0) is 142 Å². The van der Waals surface area contributed by atoms with E-state index in [2.05, 4.69) is 57.1 Å². The molecule has 11 N–H and O–H groups in total. The van der Waals surface area contributed by atoms with E-state index in [1.54, 1.807) is 0 Å². The molecule has 414 valence electrons. The summed E-state index contributed by atoms with van der Waals surface area (Å²) in [5.41, 5.74) is 11.1. The fraction of sp³-hybridized carbons (Fsp3) is 0.911. The molecule has 0 unspecified atom stereocenters. The molecule has 0 aromatic rings. The average Bonchev–Trinajstić information content (AvgIpc) is 3.36. The Bertz CT molecular complexity index is 1140. The molecule has 2 atom stereocenters. The van der Waals surface area contributed by atoms with Crippen molar-refractivity contribution in [2.75, 3.05) is 85.1 Å². The maximum absolute atomic E-state index is 13.5. The number of carbonyl (C=O) groups excluding carboxylic acids is 3. The molecule has 0 aliphatic carbocycles. The molecular weight excluding hydrogens is 879 g/mol. The first-order valence-corrected chi connectivity index (χ1v) is 29.5. The predicted octanol–water partition coefficient (Wildman–Crippen LogP) is 10.4. The van der Waals surface area contributed by atoms with E-state index in [0.29, 0.717) is 32.6 Å². The SMILES string of the molecule is CCCCCCCCCCCCCC=C[C@@H](OC(=O)NCCCNCCCCNCCCN)[C@H](COC(=O)NCCCNCCCCNCCCN)NC(=O)CCCCCCCCCCCCCCC. The van der Waals surface area contributed by atoms with Crippen LogP contribution in [-0.2, 0) is 14.3 Å². The van der Waals surface area contributed by atoms with E-state index >= 15 is 0 Å². The highest BCUT2D eigenvalue weighted by Crippen LogP contribution is 2.15. The van der Waals surface area contributed by atoms with Gasteiger partial charge in [-0.1, -0.05) is 161 Å². The van der Waals surface area contributed by atoms with Crippen LogP contribution in [0.5, 0.6) is 0 Å². The van der Waals surface area contributed by atoms with E-state index in [9.17, 15) is 14.4 Å². The van der Waals surface area contributed by atoms with E-state index in [-0.39, 0.29) is 12.5 Å². The number of allylic oxidation sites excluding steroid dienone is 1. The lowest BCUT2D eigenvalue weighted by Crippen LogP contribution is -2.49. The number of rotatable bonds is 56. The number of unbranched alkanes of at least 4 members (excludes halogenated alkanes) is 25. The van der Waals surface area contributed by atoms with Crippen molar-refractivity contribution in [1.82, 2.24) is 37.2 Å². The Morgan fingerprint density at radius 3 is 1.23 bits per heavy atom. The van der Waals surface area contributed by atoms with E-state index in [1.807, 2.05) is 6.08 Å². The Kier molecular flexibility index (Phi) is 55.4. The molecular formula is C56H115N9O5. The monoisotopic (exact) mass is 994 g/mol. The summed E-state index contributed by atoms with van der Waals surface area (Å²) in [5.74, 6) is -0.125. The van der Waals surface area contributed by atoms with Crippen molar-refractivity contribution in [1.29, 1.82) is 0 Å². The number of amides is 3. The number of nitrogens with two attached hydrogens (primary N) is 2. The van der Waals surface area contributed by atoms with Gasteiger partial charge >= 0.3 is 12.2 Å². The molecule has 0 saturated heterocycles. The summed E-state index contributed by atoms with van der Waals surface area (Å²) in [6.45, 7) is 14.1. The molecule has 0 spiro atoms. The zero-order valence-corrected chi connectivity index (χ0v) is 45.7. The van der Waals surface area contributed by atoms with Gasteiger partial charge in [-0.2, -0.15) is 0 Å². The van der Waals surface area contributed by atoms with Crippen LogP contribution in [0.4, 0.5) is 9.59 Å². The summed E-state index contributed by atoms with van der Waals surface area (Å²) < 4.78 is 11.8. The van der Waals surface area contributed by atoms with Gasteiger partial charge in [0.05, 0.1) is 0 Å². The fourth-order valence-corrected chi connectivity index (χ4v) is 8.36. The van der Waals surface area contributed by atoms with Crippen LogP contribution in [0.25, 0.3) is 0 Å². The van der Waals surface area contributed by atoms with Crippen molar-refractivity contribution < 1.29 is 23.9 Å². The molecule has 0 aliphatic rings. The van der Waals surface area contributed by atoms with Gasteiger partial charge in [-0.15, -0.1) is 0 Å². The summed E-state index contributed by atoms with van der Waals surface area (Å²) in [6, 6.07) is -0.738. The summed E-state index contributed by atoms with van der Waals surface area (Å²) in [5, 5.41) is 22.6. The Morgan fingerprint density at radius 1 is 0.429 bits per heavy atom. The Hall–Kier alpha value is -2.49. The van der Waals surface area contributed by atoms with Crippen molar-refractivity contribution >= 4 is 18.1 Å². The third-order valence-corrected chi connectivity index (χ3v) is 12.8. The van der Waals surface area contributed by atoms with Crippen LogP contribution in [0, 0.1) is 0 Å². The van der Waals surface area contributed by atoms with Gasteiger partial charge in [-0.3, -0.25) is 4.79 Å². The van der Waals surface area contributed by atoms with Gasteiger partial charge in [0.1, 0.15) is 18.8 Å². The number of hydrogen-bond donors (Lipinski definition) is 9. The van der Waals surface area contributed by atoms with Crippen LogP contribution in [0.3, 0.4) is 0 Å². The molecule has 0 fully saturated rings. The second-order valence-corrected chi connectivity index (χ2v) is 19.6. The van der Waals surface area contributed by atoms with E-state index in [0.717, 1.165) is 142 Å². The van der Waals surface area contributed by atoms with Crippen LogP contribution < -0.4 is 48.7 Å². The zero-order valence-electron chi connectivity index (χ0n) is 45.7. The molecule has 14 nitrogen and oxygen atoms in total. The average molecular weight is 995 g/mol. The highest BCUT2D eigenvalue weighted by atomic mass is 16.6. The van der Waals surface area contributed by atoms with E-state index < -0.39 is 24.3 Å². The molecule has 0 bridgehead atoms. The van der Waals surface area contributed by atoms with Crippen molar-refractivity contribution in [2.45, 2.75) is 244 Å². The van der Waals surface area contributed by atoms with Gasteiger partial charge in [0.15, 0.2) is 0 Å². The topological polar surface area (TPSA) is 206 Å². The number of ether oxygens (including phenoxy) is 2. The minimum Gasteiger partial charge on any atom is -0.447 e. The number of nitrogens with one attached hydrogen (secondary N) is 7. The van der Waals surface area contributed by atoms with Crippen molar-refractivity contribution in [3.8, 4) is 0 Å². The molecule has 0 heterocycles. The maximum Gasteiger partial charge on any atom is 0.407 e. The quantitative estimate of drug-likeness (QED) is 0.0207. The van der Waals surface area contributed by atoms with Crippen LogP contribution >= 0.6 is 0 Å². The second-order valence-electron chi connectivity index (χ2n) is 19.6. The van der Waals surface area contributed by atoms with Crippen LogP contribution in [0.1, 0.15) is 232 Å².